The summed E-state index contributed by atoms with van der Waals surface area (Å²) in [5.74, 6) is -4.69. The van der Waals surface area contributed by atoms with Gasteiger partial charge in [-0.05, 0) is 11.6 Å². The lowest BCUT2D eigenvalue weighted by atomic mass is 10.0. The highest BCUT2D eigenvalue weighted by Gasteiger charge is 2.30. The zero-order valence-electron chi connectivity index (χ0n) is 8.55. The van der Waals surface area contributed by atoms with Gasteiger partial charge in [0.1, 0.15) is 0 Å². The van der Waals surface area contributed by atoms with Crippen LogP contribution in [0.25, 0.3) is 0 Å². The van der Waals surface area contributed by atoms with Gasteiger partial charge in [0.05, 0.1) is 23.5 Å². The molecule has 0 aromatic heterocycles. The molecule has 1 N–H and O–H groups in total. The molecule has 0 spiro atoms. The maximum absolute atomic E-state index is 12.4. The number of sulfone groups is 1. The second-order valence-corrected chi connectivity index (χ2v) is 5.09. The Morgan fingerprint density at radius 3 is 2.41 bits per heavy atom. The SMILES string of the molecule is N#CC(CO)c1ccccc1S(=O)(=O)C(F)F. The van der Waals surface area contributed by atoms with Gasteiger partial charge < -0.3 is 5.11 Å². The van der Waals surface area contributed by atoms with Crippen molar-refractivity contribution in [1.82, 2.24) is 0 Å². The van der Waals surface area contributed by atoms with Crippen LogP contribution in [0.5, 0.6) is 0 Å². The molecule has 0 aliphatic carbocycles. The first-order valence-electron chi connectivity index (χ1n) is 4.56. The van der Waals surface area contributed by atoms with E-state index in [9.17, 15) is 17.2 Å². The van der Waals surface area contributed by atoms with E-state index < -0.39 is 33.0 Å². The third kappa shape index (κ3) is 2.60. The Hall–Kier alpha value is -1.52. The first kappa shape index (κ1) is 13.5. The van der Waals surface area contributed by atoms with E-state index in [0.717, 1.165) is 6.07 Å². The minimum Gasteiger partial charge on any atom is -0.395 e. The molecule has 17 heavy (non-hydrogen) atoms. The van der Waals surface area contributed by atoms with Crippen LogP contribution in [0.4, 0.5) is 8.78 Å². The lowest BCUT2D eigenvalue weighted by molar-refractivity contribution is 0.234. The minimum absolute atomic E-state index is 0.113. The summed E-state index contributed by atoms with van der Waals surface area (Å²) in [6.45, 7) is -0.633. The molecule has 0 aliphatic heterocycles. The highest BCUT2D eigenvalue weighted by atomic mass is 32.2. The molecular formula is C10H9F2NO3S. The van der Waals surface area contributed by atoms with Crippen LogP contribution in [0.3, 0.4) is 0 Å². The van der Waals surface area contributed by atoms with Crippen molar-refractivity contribution in [3.8, 4) is 6.07 Å². The van der Waals surface area contributed by atoms with Gasteiger partial charge in [-0.1, -0.05) is 18.2 Å². The van der Waals surface area contributed by atoms with Gasteiger partial charge in [0, 0.05) is 0 Å². The topological polar surface area (TPSA) is 78.2 Å². The Labute approximate surface area is 97.0 Å². The molecule has 1 aromatic carbocycles. The van der Waals surface area contributed by atoms with Gasteiger partial charge in [-0.15, -0.1) is 0 Å². The van der Waals surface area contributed by atoms with Crippen molar-refractivity contribution in [2.75, 3.05) is 6.61 Å². The van der Waals surface area contributed by atoms with Crippen molar-refractivity contribution >= 4 is 9.84 Å². The first-order chi connectivity index (χ1) is 7.95. The number of halogens is 2. The Balaban J connectivity index is 3.42. The average molecular weight is 261 g/mol. The van der Waals surface area contributed by atoms with Crippen LogP contribution >= 0.6 is 0 Å². The number of alkyl halides is 2. The third-order valence-electron chi connectivity index (χ3n) is 2.17. The van der Waals surface area contributed by atoms with Crippen LogP contribution < -0.4 is 0 Å². The molecule has 1 rings (SSSR count). The molecule has 1 atom stereocenters. The van der Waals surface area contributed by atoms with E-state index in [1.54, 1.807) is 6.07 Å². The summed E-state index contributed by atoms with van der Waals surface area (Å²) < 4.78 is 47.5. The van der Waals surface area contributed by atoms with Gasteiger partial charge >= 0.3 is 5.76 Å². The molecule has 0 bridgehead atoms. The van der Waals surface area contributed by atoms with E-state index in [2.05, 4.69) is 0 Å². The molecule has 1 aromatic rings. The van der Waals surface area contributed by atoms with Gasteiger partial charge in [-0.3, -0.25) is 0 Å². The smallest absolute Gasteiger partial charge is 0.341 e. The number of rotatable bonds is 4. The zero-order chi connectivity index (χ0) is 13.1. The van der Waals surface area contributed by atoms with E-state index >= 15 is 0 Å². The molecule has 0 aliphatic rings. The lowest BCUT2D eigenvalue weighted by Gasteiger charge is -2.12. The number of hydrogen-bond acceptors (Lipinski definition) is 4. The van der Waals surface area contributed by atoms with Gasteiger partial charge in [0.2, 0.25) is 9.84 Å². The Morgan fingerprint density at radius 2 is 1.94 bits per heavy atom. The van der Waals surface area contributed by atoms with E-state index in [1.165, 1.54) is 18.2 Å². The highest BCUT2D eigenvalue weighted by molar-refractivity contribution is 7.91. The zero-order valence-corrected chi connectivity index (χ0v) is 9.36. The van der Waals surface area contributed by atoms with E-state index in [4.69, 9.17) is 10.4 Å². The summed E-state index contributed by atoms with van der Waals surface area (Å²) in [5.41, 5.74) is -0.113. The van der Waals surface area contributed by atoms with Gasteiger partial charge in [0.25, 0.3) is 0 Å². The second-order valence-electron chi connectivity index (χ2n) is 3.21. The summed E-state index contributed by atoms with van der Waals surface area (Å²) in [4.78, 5) is -0.615. The number of nitriles is 1. The number of aliphatic hydroxyl groups excluding tert-OH is 1. The van der Waals surface area contributed by atoms with Crippen LogP contribution in [0.2, 0.25) is 0 Å². The fraction of sp³-hybridized carbons (Fsp3) is 0.300. The van der Waals surface area contributed by atoms with Crippen molar-refractivity contribution in [2.24, 2.45) is 0 Å². The maximum atomic E-state index is 12.4. The predicted molar refractivity (Wildman–Crippen MR) is 55.1 cm³/mol. The molecule has 0 radical (unpaired) electrons. The number of nitrogens with zero attached hydrogens (tertiary/aromatic N) is 1. The van der Waals surface area contributed by atoms with Crippen molar-refractivity contribution in [1.29, 1.82) is 5.26 Å². The van der Waals surface area contributed by atoms with Crippen molar-refractivity contribution in [3.05, 3.63) is 29.8 Å². The van der Waals surface area contributed by atoms with Crippen LogP contribution in [-0.4, -0.2) is 25.9 Å². The van der Waals surface area contributed by atoms with E-state index in [-0.39, 0.29) is 5.56 Å². The molecule has 4 nitrogen and oxygen atoms in total. The monoisotopic (exact) mass is 261 g/mol. The highest BCUT2D eigenvalue weighted by Crippen LogP contribution is 2.27. The Morgan fingerprint density at radius 1 is 1.35 bits per heavy atom. The quantitative estimate of drug-likeness (QED) is 0.885. The number of benzene rings is 1. The largest absolute Gasteiger partial charge is 0.395 e. The fourth-order valence-corrected chi connectivity index (χ4v) is 2.33. The molecule has 0 heterocycles. The summed E-state index contributed by atoms with van der Waals surface area (Å²) in [5, 5.41) is 17.6. The van der Waals surface area contributed by atoms with E-state index in [1.807, 2.05) is 0 Å². The molecule has 7 heteroatoms. The number of hydrogen-bond donors (Lipinski definition) is 1. The van der Waals surface area contributed by atoms with Crippen LogP contribution in [0.15, 0.2) is 29.2 Å². The van der Waals surface area contributed by atoms with E-state index in [0.29, 0.717) is 0 Å². The maximum Gasteiger partial charge on any atom is 0.341 e. The summed E-state index contributed by atoms with van der Waals surface area (Å²) in [6.07, 6.45) is 0. The van der Waals surface area contributed by atoms with Crippen molar-refractivity contribution < 1.29 is 22.3 Å². The van der Waals surface area contributed by atoms with Crippen LogP contribution in [0, 0.1) is 11.3 Å². The normalized spacial score (nSPS) is 13.4. The third-order valence-corrected chi connectivity index (χ3v) is 3.63. The summed E-state index contributed by atoms with van der Waals surface area (Å²) in [7, 11) is -4.77. The first-order valence-corrected chi connectivity index (χ1v) is 6.11. The lowest BCUT2D eigenvalue weighted by Crippen LogP contribution is -2.16. The standard InChI is InChI=1S/C10H9F2NO3S/c11-10(12)17(15,16)9-4-2-1-3-8(9)7(5-13)6-14/h1-4,7,10,14H,6H2. The molecule has 1 unspecified atom stereocenters. The molecule has 0 saturated heterocycles. The molecule has 0 fully saturated rings. The Kier molecular flexibility index (Phi) is 4.15. The van der Waals surface area contributed by atoms with Crippen molar-refractivity contribution in [2.45, 2.75) is 16.6 Å². The fourth-order valence-electron chi connectivity index (χ4n) is 1.33. The van der Waals surface area contributed by atoms with Crippen LogP contribution in [0.1, 0.15) is 11.5 Å². The summed E-state index contributed by atoms with van der Waals surface area (Å²) in [6, 6.07) is 6.59. The van der Waals surface area contributed by atoms with Crippen LogP contribution in [-0.2, 0) is 9.84 Å². The van der Waals surface area contributed by atoms with Crippen molar-refractivity contribution in [3.63, 3.8) is 0 Å². The molecule has 92 valence electrons. The van der Waals surface area contributed by atoms with Gasteiger partial charge in [0.15, 0.2) is 0 Å². The molecule has 0 saturated carbocycles. The number of aliphatic hydroxyl groups is 1. The molecule has 0 amide bonds. The minimum atomic E-state index is -4.77. The van der Waals surface area contributed by atoms with Gasteiger partial charge in [-0.2, -0.15) is 14.0 Å². The predicted octanol–water partition coefficient (Wildman–Crippen LogP) is 1.28. The Bertz CT molecular complexity index is 537. The van der Waals surface area contributed by atoms with Gasteiger partial charge in [-0.25, -0.2) is 8.42 Å². The second kappa shape index (κ2) is 5.21. The average Bonchev–Trinajstić information content (AvgIpc) is 2.31. The molecular weight excluding hydrogens is 252 g/mol. The summed E-state index contributed by atoms with van der Waals surface area (Å²) >= 11 is 0.